The molecule has 28 heavy (non-hydrogen) atoms. The second-order valence-electron chi connectivity index (χ2n) is 6.97. The zero-order valence-corrected chi connectivity index (χ0v) is 17.1. The summed E-state index contributed by atoms with van der Waals surface area (Å²) in [7, 11) is 1.66. The van der Waals surface area contributed by atoms with Gasteiger partial charge in [-0.3, -0.25) is 4.79 Å². The number of carbonyl (C=O) groups excluding carboxylic acids is 1. The summed E-state index contributed by atoms with van der Waals surface area (Å²) in [6.45, 7) is 3.22. The standard InChI is InChI=1S/C23H24NO3S/c1-3-27-22-14-19-16(13-21(22)26-2)10-11-24(15-25)20(19)9-8-18-12-17-6-4-5-7-23(17)28-18/h4-7,12-14,20H,3,8-11H2,1-2H3/t20-/m1/s1. The molecule has 0 N–H and O–H groups in total. The quantitative estimate of drug-likeness (QED) is 0.572. The van der Waals surface area contributed by atoms with Crippen LogP contribution in [0.4, 0.5) is 0 Å². The minimum Gasteiger partial charge on any atom is -0.493 e. The van der Waals surface area contributed by atoms with Crippen LogP contribution in [0.5, 0.6) is 11.5 Å². The lowest BCUT2D eigenvalue weighted by Crippen LogP contribution is -2.34. The van der Waals surface area contributed by atoms with Crippen molar-refractivity contribution in [1.29, 1.82) is 0 Å². The van der Waals surface area contributed by atoms with Crippen molar-refractivity contribution in [1.82, 2.24) is 4.90 Å². The number of amides is 1. The molecule has 0 unspecified atom stereocenters. The lowest BCUT2D eigenvalue weighted by molar-refractivity contribution is 0.264. The Labute approximate surface area is 169 Å². The summed E-state index contributed by atoms with van der Waals surface area (Å²) in [4.78, 5) is 14.8. The second kappa shape index (κ2) is 8.23. The third-order valence-electron chi connectivity index (χ3n) is 5.34. The molecular formula is C23H24NO3S. The molecule has 1 amide bonds. The molecular weight excluding hydrogens is 370 g/mol. The van der Waals surface area contributed by atoms with Crippen LogP contribution in [0.25, 0.3) is 10.1 Å². The van der Waals surface area contributed by atoms with Crippen LogP contribution in [0.2, 0.25) is 0 Å². The maximum absolute atomic E-state index is 11.6. The van der Waals surface area contributed by atoms with E-state index in [0.717, 1.165) is 36.3 Å². The van der Waals surface area contributed by atoms with Crippen molar-refractivity contribution in [3.63, 3.8) is 0 Å². The maximum atomic E-state index is 11.6. The molecule has 1 aliphatic heterocycles. The topological polar surface area (TPSA) is 38.8 Å². The van der Waals surface area contributed by atoms with E-state index in [0.29, 0.717) is 13.2 Å². The first kappa shape index (κ1) is 18.8. The highest BCUT2D eigenvalue weighted by Crippen LogP contribution is 2.40. The van der Waals surface area contributed by atoms with Gasteiger partial charge in [0.2, 0.25) is 0 Å². The third kappa shape index (κ3) is 3.59. The number of methoxy groups -OCH3 is 1. The number of rotatable bonds is 7. The van der Waals surface area contributed by atoms with Crippen molar-refractivity contribution in [3.8, 4) is 11.5 Å². The summed E-state index contributed by atoms with van der Waals surface area (Å²) in [6.07, 6.45) is 4.76. The molecule has 2 aromatic carbocycles. The fourth-order valence-corrected chi connectivity index (χ4v) is 5.08. The smallest absolute Gasteiger partial charge is 0.312 e. The Kier molecular flexibility index (Phi) is 5.53. The highest BCUT2D eigenvalue weighted by Gasteiger charge is 2.28. The number of fused-ring (bicyclic) bond motifs is 2. The van der Waals surface area contributed by atoms with E-state index in [1.165, 1.54) is 20.5 Å². The molecule has 0 spiro atoms. The van der Waals surface area contributed by atoms with Crippen LogP contribution < -0.4 is 9.47 Å². The summed E-state index contributed by atoms with van der Waals surface area (Å²) in [5.74, 6) is 1.50. The van der Waals surface area contributed by atoms with Crippen molar-refractivity contribution < 1.29 is 14.3 Å². The molecule has 5 heteroatoms. The van der Waals surface area contributed by atoms with Crippen molar-refractivity contribution in [2.75, 3.05) is 20.3 Å². The zero-order valence-electron chi connectivity index (χ0n) is 16.2. The molecule has 0 saturated carbocycles. The molecule has 0 fully saturated rings. The Morgan fingerprint density at radius 2 is 2.07 bits per heavy atom. The van der Waals surface area contributed by atoms with Gasteiger partial charge in [0, 0.05) is 16.1 Å². The highest BCUT2D eigenvalue weighted by molar-refractivity contribution is 7.19. The first-order chi connectivity index (χ1) is 13.7. The molecule has 4 rings (SSSR count). The number of hydrogen-bond donors (Lipinski definition) is 0. The van der Waals surface area contributed by atoms with Gasteiger partial charge in [-0.05, 0) is 67.0 Å². The number of nitrogens with zero attached hydrogens (tertiary/aromatic N) is 1. The molecule has 1 radical (unpaired) electrons. The average Bonchev–Trinajstić information content (AvgIpc) is 3.14. The van der Waals surface area contributed by atoms with Gasteiger partial charge in [-0.15, -0.1) is 11.3 Å². The molecule has 0 saturated heterocycles. The average molecular weight is 395 g/mol. The molecule has 4 nitrogen and oxygen atoms in total. The summed E-state index contributed by atoms with van der Waals surface area (Å²) in [5.41, 5.74) is 2.38. The van der Waals surface area contributed by atoms with Crippen LogP contribution in [0.15, 0.2) is 42.5 Å². The van der Waals surface area contributed by atoms with Gasteiger partial charge in [0.15, 0.2) is 11.5 Å². The van der Waals surface area contributed by atoms with E-state index in [4.69, 9.17) is 9.47 Å². The number of aryl methyl sites for hydroxylation is 1. The van der Waals surface area contributed by atoms with E-state index in [2.05, 4.69) is 48.9 Å². The Balaban J connectivity index is 1.63. The van der Waals surface area contributed by atoms with Crippen molar-refractivity contribution in [2.24, 2.45) is 0 Å². The number of benzene rings is 2. The largest absolute Gasteiger partial charge is 0.493 e. The van der Waals surface area contributed by atoms with Crippen LogP contribution in [-0.4, -0.2) is 31.6 Å². The van der Waals surface area contributed by atoms with Crippen molar-refractivity contribution in [3.05, 3.63) is 58.5 Å². The van der Waals surface area contributed by atoms with Crippen LogP contribution in [-0.2, 0) is 17.6 Å². The molecule has 1 atom stereocenters. The molecule has 0 bridgehead atoms. The third-order valence-corrected chi connectivity index (χ3v) is 6.52. The molecule has 3 aromatic rings. The van der Waals surface area contributed by atoms with Gasteiger partial charge in [-0.1, -0.05) is 18.2 Å². The molecule has 145 valence electrons. The SMILES string of the molecule is CCOc1cc2c(cc1OC)CCN([C]=O)[C@@H]2CCc1cc2ccccc2s1. The second-order valence-corrected chi connectivity index (χ2v) is 8.14. The van der Waals surface area contributed by atoms with E-state index in [1.807, 2.05) is 18.3 Å². The number of ether oxygens (including phenoxy) is 2. The van der Waals surface area contributed by atoms with Crippen LogP contribution >= 0.6 is 11.3 Å². The van der Waals surface area contributed by atoms with Gasteiger partial charge < -0.3 is 14.4 Å². The summed E-state index contributed by atoms with van der Waals surface area (Å²) >= 11 is 1.83. The predicted octanol–water partition coefficient (Wildman–Crippen LogP) is 4.91. The molecule has 1 aliphatic rings. The summed E-state index contributed by atoms with van der Waals surface area (Å²) < 4.78 is 12.6. The van der Waals surface area contributed by atoms with Gasteiger partial charge >= 0.3 is 6.41 Å². The van der Waals surface area contributed by atoms with Crippen LogP contribution in [0, 0.1) is 0 Å². The van der Waals surface area contributed by atoms with Crippen LogP contribution in [0.3, 0.4) is 0 Å². The first-order valence-electron chi connectivity index (χ1n) is 9.69. The van der Waals surface area contributed by atoms with E-state index < -0.39 is 0 Å². The van der Waals surface area contributed by atoms with Gasteiger partial charge in [0.05, 0.1) is 19.8 Å². The van der Waals surface area contributed by atoms with Gasteiger partial charge in [-0.2, -0.15) is 0 Å². The van der Waals surface area contributed by atoms with Crippen LogP contribution in [0.1, 0.15) is 35.4 Å². The monoisotopic (exact) mass is 394 g/mol. The number of hydrogen-bond acceptors (Lipinski definition) is 4. The zero-order chi connectivity index (χ0) is 19.5. The Morgan fingerprint density at radius 1 is 1.21 bits per heavy atom. The Hall–Kier alpha value is -2.53. The summed E-state index contributed by atoms with van der Waals surface area (Å²) in [5, 5.41) is 1.29. The highest BCUT2D eigenvalue weighted by atomic mass is 32.1. The van der Waals surface area contributed by atoms with E-state index in [9.17, 15) is 4.79 Å². The van der Waals surface area contributed by atoms with Gasteiger partial charge in [0.1, 0.15) is 0 Å². The molecule has 2 heterocycles. The molecule has 0 aliphatic carbocycles. The van der Waals surface area contributed by atoms with E-state index >= 15 is 0 Å². The van der Waals surface area contributed by atoms with Gasteiger partial charge in [0.25, 0.3) is 0 Å². The minimum absolute atomic E-state index is 0.0107. The number of thiophene rings is 1. The van der Waals surface area contributed by atoms with E-state index in [1.54, 1.807) is 12.0 Å². The maximum Gasteiger partial charge on any atom is 0.312 e. The fraction of sp³-hybridized carbons (Fsp3) is 0.348. The Bertz CT molecular complexity index is 948. The van der Waals surface area contributed by atoms with Gasteiger partial charge in [-0.25, -0.2) is 0 Å². The molecule has 1 aromatic heterocycles. The van der Waals surface area contributed by atoms with Crippen molar-refractivity contribution in [2.45, 2.75) is 32.2 Å². The fourth-order valence-electron chi connectivity index (χ4n) is 4.00. The Morgan fingerprint density at radius 3 is 2.82 bits per heavy atom. The normalized spacial score (nSPS) is 16.1. The van der Waals surface area contributed by atoms with E-state index in [-0.39, 0.29) is 6.04 Å². The lowest BCUT2D eigenvalue weighted by Gasteiger charge is -2.34. The lowest BCUT2D eigenvalue weighted by atomic mass is 9.89. The predicted molar refractivity (Wildman–Crippen MR) is 113 cm³/mol. The minimum atomic E-state index is 0.0107. The first-order valence-corrected chi connectivity index (χ1v) is 10.5. The van der Waals surface area contributed by atoms with Crippen molar-refractivity contribution >= 4 is 27.8 Å². The summed E-state index contributed by atoms with van der Waals surface area (Å²) in [6, 6.07) is 14.8.